The largest absolute Gasteiger partial charge is 0.463 e. The zero-order valence-corrected chi connectivity index (χ0v) is 8.82. The van der Waals surface area contributed by atoms with Crippen LogP contribution in [0.15, 0.2) is 33.1 Å². The van der Waals surface area contributed by atoms with Crippen LogP contribution in [0.5, 0.6) is 0 Å². The fraction of sp³-hybridized carbons (Fsp3) is 0.222. The van der Waals surface area contributed by atoms with Crippen LogP contribution in [-0.2, 0) is 0 Å². The summed E-state index contributed by atoms with van der Waals surface area (Å²) in [6.07, 6.45) is 1.67. The second-order valence-electron chi connectivity index (χ2n) is 2.44. The van der Waals surface area contributed by atoms with Crippen molar-refractivity contribution in [2.24, 2.45) is 0 Å². The Morgan fingerprint density at radius 3 is 3.23 bits per heavy atom. The summed E-state index contributed by atoms with van der Waals surface area (Å²) in [5, 5.41) is 0. The summed E-state index contributed by atoms with van der Waals surface area (Å²) in [7, 11) is 0. The van der Waals surface area contributed by atoms with Gasteiger partial charge in [0.2, 0.25) is 0 Å². The topological polar surface area (TPSA) is 26.0 Å². The van der Waals surface area contributed by atoms with Gasteiger partial charge in [0.05, 0.1) is 10.5 Å². The third kappa shape index (κ3) is 1.95. The van der Waals surface area contributed by atoms with Crippen LogP contribution >= 0.6 is 23.3 Å². The number of hydrogen-bond donors (Lipinski definition) is 0. The molecule has 4 heteroatoms. The van der Waals surface area contributed by atoms with Crippen molar-refractivity contribution in [3.63, 3.8) is 0 Å². The van der Waals surface area contributed by atoms with Crippen molar-refractivity contribution in [1.29, 1.82) is 0 Å². The molecular formula is C9H9NOS2. The third-order valence-electron chi connectivity index (χ3n) is 1.55. The maximum Gasteiger partial charge on any atom is 0.153 e. The van der Waals surface area contributed by atoms with Gasteiger partial charge in [0.25, 0.3) is 0 Å². The molecule has 0 aliphatic rings. The van der Waals surface area contributed by atoms with E-state index in [1.54, 1.807) is 6.26 Å². The first kappa shape index (κ1) is 8.84. The molecule has 0 aliphatic carbocycles. The first-order chi connectivity index (χ1) is 6.40. The number of nitrogens with zero attached hydrogens (tertiary/aromatic N) is 1. The smallest absolute Gasteiger partial charge is 0.153 e. The van der Waals surface area contributed by atoms with E-state index in [-0.39, 0.29) is 0 Å². The number of hydrogen-bond acceptors (Lipinski definition) is 4. The van der Waals surface area contributed by atoms with Gasteiger partial charge in [-0.2, -0.15) is 4.37 Å². The normalized spacial score (nSPS) is 10.5. The molecule has 13 heavy (non-hydrogen) atoms. The molecule has 2 rings (SSSR count). The van der Waals surface area contributed by atoms with Gasteiger partial charge in [-0.1, -0.05) is 6.92 Å². The summed E-state index contributed by atoms with van der Waals surface area (Å²) in [6.45, 7) is 2.14. The maximum absolute atomic E-state index is 5.25. The number of thioether (sulfide) groups is 1. The molecule has 0 aromatic carbocycles. The van der Waals surface area contributed by atoms with E-state index in [0.717, 1.165) is 17.2 Å². The molecule has 0 saturated carbocycles. The van der Waals surface area contributed by atoms with Gasteiger partial charge in [0.15, 0.2) is 5.76 Å². The minimum Gasteiger partial charge on any atom is -0.463 e. The molecule has 0 bridgehead atoms. The van der Waals surface area contributed by atoms with Crippen LogP contribution in [0.4, 0.5) is 0 Å². The zero-order valence-electron chi connectivity index (χ0n) is 7.19. The summed E-state index contributed by atoms with van der Waals surface area (Å²) in [6, 6.07) is 5.87. The van der Waals surface area contributed by atoms with Gasteiger partial charge < -0.3 is 4.42 Å². The van der Waals surface area contributed by atoms with Gasteiger partial charge >= 0.3 is 0 Å². The van der Waals surface area contributed by atoms with E-state index in [0.29, 0.717) is 0 Å². The molecule has 2 aromatic heterocycles. The Morgan fingerprint density at radius 2 is 2.54 bits per heavy atom. The number of furan rings is 1. The van der Waals surface area contributed by atoms with Crippen LogP contribution in [0, 0.1) is 0 Å². The predicted molar refractivity (Wildman–Crippen MR) is 56.2 cm³/mol. The fourth-order valence-electron chi connectivity index (χ4n) is 1.01. The highest BCUT2D eigenvalue weighted by Gasteiger charge is 2.05. The van der Waals surface area contributed by atoms with Gasteiger partial charge in [-0.15, -0.1) is 11.8 Å². The molecule has 0 unspecified atom stereocenters. The second kappa shape index (κ2) is 3.98. The molecule has 0 saturated heterocycles. The number of rotatable bonds is 3. The van der Waals surface area contributed by atoms with Crippen LogP contribution < -0.4 is 0 Å². The Hall–Kier alpha value is -0.740. The molecule has 0 spiro atoms. The van der Waals surface area contributed by atoms with Crippen LogP contribution in [0.3, 0.4) is 0 Å². The average molecular weight is 211 g/mol. The van der Waals surface area contributed by atoms with Crippen LogP contribution in [-0.4, -0.2) is 10.1 Å². The van der Waals surface area contributed by atoms with Crippen molar-refractivity contribution in [1.82, 2.24) is 4.37 Å². The SMILES string of the molecule is CCSc1cc(-c2ccco2)ns1. The lowest BCUT2D eigenvalue weighted by Gasteiger charge is -1.87. The standard InChI is InChI=1S/C9H9NOS2/c1-2-12-9-6-7(10-13-9)8-4-3-5-11-8/h3-6H,2H2,1H3. The van der Waals surface area contributed by atoms with Crippen molar-refractivity contribution >= 4 is 23.3 Å². The quantitative estimate of drug-likeness (QED) is 0.727. The molecule has 0 aliphatic heterocycles. The molecule has 0 N–H and O–H groups in total. The van der Waals surface area contributed by atoms with Gasteiger partial charge in [0, 0.05) is 0 Å². The van der Waals surface area contributed by atoms with E-state index in [9.17, 15) is 0 Å². The molecule has 2 aromatic rings. The Bertz CT molecular complexity index is 367. The molecule has 0 radical (unpaired) electrons. The Morgan fingerprint density at radius 1 is 1.62 bits per heavy atom. The van der Waals surface area contributed by atoms with Gasteiger partial charge in [0.1, 0.15) is 5.69 Å². The molecule has 2 nitrogen and oxygen atoms in total. The van der Waals surface area contributed by atoms with Crippen molar-refractivity contribution < 1.29 is 4.42 Å². The van der Waals surface area contributed by atoms with Crippen molar-refractivity contribution in [3.8, 4) is 11.5 Å². The lowest BCUT2D eigenvalue weighted by atomic mass is 10.3. The molecule has 68 valence electrons. The lowest BCUT2D eigenvalue weighted by Crippen LogP contribution is -1.68. The minimum atomic E-state index is 0.846. The van der Waals surface area contributed by atoms with Gasteiger partial charge in [-0.25, -0.2) is 0 Å². The lowest BCUT2D eigenvalue weighted by molar-refractivity contribution is 0.581. The third-order valence-corrected chi connectivity index (χ3v) is 3.40. The summed E-state index contributed by atoms with van der Waals surface area (Å²) < 4.78 is 10.8. The van der Waals surface area contributed by atoms with Crippen molar-refractivity contribution in [2.75, 3.05) is 5.75 Å². The van der Waals surface area contributed by atoms with Crippen molar-refractivity contribution in [2.45, 2.75) is 11.1 Å². The monoisotopic (exact) mass is 211 g/mol. The van der Waals surface area contributed by atoms with Crippen LogP contribution in [0.1, 0.15) is 6.92 Å². The Kier molecular flexibility index (Phi) is 2.71. The van der Waals surface area contributed by atoms with E-state index in [2.05, 4.69) is 17.4 Å². The predicted octanol–water partition coefficient (Wildman–Crippen LogP) is 3.52. The Balaban J connectivity index is 2.23. The molecule has 0 atom stereocenters. The molecule has 0 amide bonds. The van der Waals surface area contributed by atoms with Crippen LogP contribution in [0.25, 0.3) is 11.5 Å². The molecular weight excluding hydrogens is 202 g/mol. The summed E-state index contributed by atoms with van der Waals surface area (Å²) >= 11 is 3.33. The summed E-state index contributed by atoms with van der Waals surface area (Å²) in [4.78, 5) is 0. The first-order valence-corrected chi connectivity index (χ1v) is 5.79. The minimum absolute atomic E-state index is 0.846. The zero-order chi connectivity index (χ0) is 9.10. The van der Waals surface area contributed by atoms with E-state index in [4.69, 9.17) is 4.42 Å². The Labute approximate surface area is 85.1 Å². The van der Waals surface area contributed by atoms with E-state index in [1.807, 2.05) is 23.9 Å². The van der Waals surface area contributed by atoms with E-state index >= 15 is 0 Å². The van der Waals surface area contributed by atoms with Gasteiger partial charge in [-0.3, -0.25) is 0 Å². The van der Waals surface area contributed by atoms with Crippen molar-refractivity contribution in [3.05, 3.63) is 24.5 Å². The first-order valence-electron chi connectivity index (χ1n) is 4.03. The fourth-order valence-corrected chi connectivity index (χ4v) is 2.66. The number of aromatic nitrogens is 1. The van der Waals surface area contributed by atoms with E-state index in [1.165, 1.54) is 15.7 Å². The average Bonchev–Trinajstić information content (AvgIpc) is 2.70. The van der Waals surface area contributed by atoms with E-state index < -0.39 is 0 Å². The maximum atomic E-state index is 5.25. The molecule has 2 heterocycles. The van der Waals surface area contributed by atoms with Crippen LogP contribution in [0.2, 0.25) is 0 Å². The summed E-state index contributed by atoms with van der Waals surface area (Å²) in [5.41, 5.74) is 0.936. The molecule has 0 fully saturated rings. The van der Waals surface area contributed by atoms with Gasteiger partial charge in [-0.05, 0) is 35.5 Å². The summed E-state index contributed by atoms with van der Waals surface area (Å²) in [5.74, 6) is 1.93. The second-order valence-corrected chi connectivity index (χ2v) is 4.81. The highest BCUT2D eigenvalue weighted by atomic mass is 32.2. The highest BCUT2D eigenvalue weighted by molar-refractivity contribution is 8.01. The highest BCUT2D eigenvalue weighted by Crippen LogP contribution is 2.28.